The molecule has 0 amide bonds. The van der Waals surface area contributed by atoms with E-state index >= 15 is 0 Å². The fourth-order valence-corrected chi connectivity index (χ4v) is 2.38. The van der Waals surface area contributed by atoms with Crippen molar-refractivity contribution in [3.05, 3.63) is 29.8 Å². The summed E-state index contributed by atoms with van der Waals surface area (Å²) in [7, 11) is -1.15. The molecule has 0 aromatic carbocycles. The van der Waals surface area contributed by atoms with Crippen molar-refractivity contribution < 1.29 is 4.39 Å². The molecule has 0 radical (unpaired) electrons. The molecule has 3 heteroatoms. The standard InChI is InChI=1S/C9H14FNSi/c1-12(2,3)7-8-5-4-6-9(10)11-8/h4-6H,7H2,1-3H3. The zero-order valence-electron chi connectivity index (χ0n) is 7.76. The van der Waals surface area contributed by atoms with Crippen molar-refractivity contribution in [3.8, 4) is 0 Å². The van der Waals surface area contributed by atoms with Crippen LogP contribution in [0.25, 0.3) is 0 Å². The fourth-order valence-electron chi connectivity index (χ4n) is 1.09. The van der Waals surface area contributed by atoms with Gasteiger partial charge in [0.15, 0.2) is 0 Å². The van der Waals surface area contributed by atoms with E-state index in [4.69, 9.17) is 0 Å². The highest BCUT2D eigenvalue weighted by molar-refractivity contribution is 6.75. The van der Waals surface area contributed by atoms with Gasteiger partial charge in [0.25, 0.3) is 0 Å². The highest BCUT2D eigenvalue weighted by Crippen LogP contribution is 2.09. The molecule has 12 heavy (non-hydrogen) atoms. The highest BCUT2D eigenvalue weighted by atomic mass is 28.3. The van der Waals surface area contributed by atoms with Gasteiger partial charge in [0.05, 0.1) is 8.07 Å². The Kier molecular flexibility index (Phi) is 2.62. The summed E-state index contributed by atoms with van der Waals surface area (Å²) in [5.74, 6) is -0.370. The normalized spacial score (nSPS) is 11.7. The SMILES string of the molecule is C[Si](C)(C)Cc1cccc(F)n1. The van der Waals surface area contributed by atoms with Crippen LogP contribution in [0.4, 0.5) is 4.39 Å². The Morgan fingerprint density at radius 2 is 2.00 bits per heavy atom. The van der Waals surface area contributed by atoms with E-state index in [1.165, 1.54) is 6.07 Å². The zero-order chi connectivity index (χ0) is 9.19. The Balaban J connectivity index is 2.77. The Morgan fingerprint density at radius 1 is 1.33 bits per heavy atom. The Labute approximate surface area is 73.7 Å². The van der Waals surface area contributed by atoms with Gasteiger partial charge < -0.3 is 0 Å². The minimum atomic E-state index is -1.15. The molecule has 1 aromatic heterocycles. The lowest BCUT2D eigenvalue weighted by atomic mass is 10.4. The number of hydrogen-bond acceptors (Lipinski definition) is 1. The molecule has 0 atom stereocenters. The van der Waals surface area contributed by atoms with Crippen molar-refractivity contribution in [1.82, 2.24) is 4.98 Å². The predicted molar refractivity (Wildman–Crippen MR) is 51.2 cm³/mol. The summed E-state index contributed by atoms with van der Waals surface area (Å²) in [6.45, 7) is 6.75. The maximum absolute atomic E-state index is 12.6. The molecule has 1 rings (SSSR count). The van der Waals surface area contributed by atoms with Gasteiger partial charge >= 0.3 is 0 Å². The number of hydrogen-bond donors (Lipinski definition) is 0. The van der Waals surface area contributed by atoms with E-state index in [-0.39, 0.29) is 5.95 Å². The van der Waals surface area contributed by atoms with Crippen LogP contribution in [0.15, 0.2) is 18.2 Å². The van der Waals surface area contributed by atoms with E-state index in [9.17, 15) is 4.39 Å². The first-order chi connectivity index (χ1) is 5.47. The van der Waals surface area contributed by atoms with Crippen molar-refractivity contribution >= 4 is 8.07 Å². The predicted octanol–water partition coefficient (Wildman–Crippen LogP) is 2.64. The first-order valence-corrected chi connectivity index (χ1v) is 7.79. The molecule has 0 aliphatic carbocycles. The van der Waals surface area contributed by atoms with E-state index in [2.05, 4.69) is 24.6 Å². The van der Waals surface area contributed by atoms with Crippen LogP contribution < -0.4 is 0 Å². The zero-order valence-corrected chi connectivity index (χ0v) is 8.76. The van der Waals surface area contributed by atoms with E-state index in [0.29, 0.717) is 0 Å². The Hall–Kier alpha value is -0.703. The third kappa shape index (κ3) is 3.13. The lowest BCUT2D eigenvalue weighted by molar-refractivity contribution is 0.579. The largest absolute Gasteiger partial charge is 0.225 e. The molecule has 0 saturated heterocycles. The van der Waals surface area contributed by atoms with Crippen LogP contribution in [0.1, 0.15) is 5.69 Å². The molecule has 1 heterocycles. The summed E-state index contributed by atoms with van der Waals surface area (Å²) in [6, 6.07) is 5.94. The van der Waals surface area contributed by atoms with Gasteiger partial charge in [0.1, 0.15) is 0 Å². The quantitative estimate of drug-likeness (QED) is 0.507. The summed E-state index contributed by atoms with van der Waals surface area (Å²) in [5.41, 5.74) is 0.883. The van der Waals surface area contributed by atoms with E-state index in [1.807, 2.05) is 6.07 Å². The van der Waals surface area contributed by atoms with Gasteiger partial charge in [0.2, 0.25) is 5.95 Å². The average molecular weight is 183 g/mol. The maximum Gasteiger partial charge on any atom is 0.213 e. The Bertz CT molecular complexity index is 267. The Morgan fingerprint density at radius 3 is 2.50 bits per heavy atom. The van der Waals surface area contributed by atoms with Gasteiger partial charge in [-0.1, -0.05) is 25.7 Å². The summed E-state index contributed by atoms with van der Waals surface area (Å²) in [5, 5.41) is 0. The van der Waals surface area contributed by atoms with Crippen molar-refractivity contribution in [2.45, 2.75) is 25.7 Å². The van der Waals surface area contributed by atoms with Crippen molar-refractivity contribution in [2.75, 3.05) is 0 Å². The van der Waals surface area contributed by atoms with Gasteiger partial charge in [-0.3, -0.25) is 0 Å². The molecule has 0 N–H and O–H groups in total. The second-order valence-electron chi connectivity index (χ2n) is 4.19. The minimum absolute atomic E-state index is 0.370. The van der Waals surface area contributed by atoms with E-state index in [1.54, 1.807) is 6.07 Å². The highest BCUT2D eigenvalue weighted by Gasteiger charge is 2.14. The molecule has 0 saturated carbocycles. The molecule has 0 spiro atoms. The molecular formula is C9H14FNSi. The number of halogens is 1. The summed E-state index contributed by atoms with van der Waals surface area (Å²) in [6.07, 6.45) is 0. The molecule has 0 aliphatic heterocycles. The molecule has 0 aliphatic rings. The lowest BCUT2D eigenvalue weighted by Crippen LogP contribution is -2.24. The number of rotatable bonds is 2. The van der Waals surface area contributed by atoms with Crippen LogP contribution in [0, 0.1) is 5.95 Å². The number of aromatic nitrogens is 1. The van der Waals surface area contributed by atoms with E-state index < -0.39 is 8.07 Å². The molecule has 0 unspecified atom stereocenters. The molecule has 1 aromatic rings. The van der Waals surface area contributed by atoms with Crippen LogP contribution in [-0.4, -0.2) is 13.1 Å². The summed E-state index contributed by atoms with van der Waals surface area (Å²) >= 11 is 0. The average Bonchev–Trinajstić information content (AvgIpc) is 1.82. The molecule has 66 valence electrons. The van der Waals surface area contributed by atoms with Gasteiger partial charge in [-0.15, -0.1) is 0 Å². The van der Waals surface area contributed by atoms with Crippen LogP contribution >= 0.6 is 0 Å². The van der Waals surface area contributed by atoms with Crippen LogP contribution in [0.2, 0.25) is 19.6 Å². The van der Waals surface area contributed by atoms with Gasteiger partial charge in [-0.25, -0.2) is 4.98 Å². The lowest BCUT2D eigenvalue weighted by Gasteiger charge is -2.14. The van der Waals surface area contributed by atoms with Gasteiger partial charge in [-0.05, 0) is 18.2 Å². The molecule has 0 fully saturated rings. The van der Waals surface area contributed by atoms with Crippen LogP contribution in [-0.2, 0) is 6.04 Å². The van der Waals surface area contributed by atoms with E-state index in [0.717, 1.165) is 11.7 Å². The van der Waals surface area contributed by atoms with Crippen molar-refractivity contribution in [2.24, 2.45) is 0 Å². The summed E-state index contributed by atoms with van der Waals surface area (Å²) in [4.78, 5) is 3.83. The second-order valence-corrected chi connectivity index (χ2v) is 9.66. The van der Waals surface area contributed by atoms with Crippen molar-refractivity contribution in [1.29, 1.82) is 0 Å². The second kappa shape index (κ2) is 3.35. The number of pyridine rings is 1. The van der Waals surface area contributed by atoms with Crippen LogP contribution in [0.5, 0.6) is 0 Å². The number of nitrogens with zero attached hydrogens (tertiary/aromatic N) is 1. The summed E-state index contributed by atoms with van der Waals surface area (Å²) < 4.78 is 12.6. The molecule has 1 nitrogen and oxygen atoms in total. The monoisotopic (exact) mass is 183 g/mol. The minimum Gasteiger partial charge on any atom is -0.225 e. The third-order valence-electron chi connectivity index (χ3n) is 1.48. The first kappa shape index (κ1) is 9.39. The molecule has 0 bridgehead atoms. The molecular weight excluding hydrogens is 169 g/mol. The van der Waals surface area contributed by atoms with Gasteiger partial charge in [-0.2, -0.15) is 4.39 Å². The van der Waals surface area contributed by atoms with Crippen molar-refractivity contribution in [3.63, 3.8) is 0 Å². The van der Waals surface area contributed by atoms with Gasteiger partial charge in [0, 0.05) is 5.69 Å². The van der Waals surface area contributed by atoms with Crippen LogP contribution in [0.3, 0.4) is 0 Å². The first-order valence-electron chi connectivity index (χ1n) is 4.09. The topological polar surface area (TPSA) is 12.9 Å². The smallest absolute Gasteiger partial charge is 0.213 e. The third-order valence-corrected chi connectivity index (χ3v) is 2.91. The maximum atomic E-state index is 12.6. The fraction of sp³-hybridized carbons (Fsp3) is 0.444.